The summed E-state index contributed by atoms with van der Waals surface area (Å²) in [6, 6.07) is 8.33. The van der Waals surface area contributed by atoms with E-state index in [2.05, 4.69) is 34.9 Å². The Kier molecular flexibility index (Phi) is 8.39. The highest BCUT2D eigenvalue weighted by molar-refractivity contribution is 8.00. The van der Waals surface area contributed by atoms with E-state index in [0.717, 1.165) is 31.6 Å². The smallest absolute Gasteiger partial charge is 0.259 e. The summed E-state index contributed by atoms with van der Waals surface area (Å²) in [4.78, 5) is 14.2. The number of nitrogens with one attached hydrogen (secondary N) is 1. The largest absolute Gasteiger partial charge is 0.372 e. The Bertz CT molecular complexity index is 721. The van der Waals surface area contributed by atoms with Gasteiger partial charge in [0.2, 0.25) is 0 Å². The number of rotatable bonds is 7. The maximum Gasteiger partial charge on any atom is 0.259 e. The van der Waals surface area contributed by atoms with E-state index in [1.54, 1.807) is 12.6 Å². The lowest BCUT2D eigenvalue weighted by atomic mass is 9.98. The highest BCUT2D eigenvalue weighted by Crippen LogP contribution is 2.28. The van der Waals surface area contributed by atoms with Crippen LogP contribution in [0.25, 0.3) is 5.57 Å². The molecule has 1 aromatic carbocycles. The maximum atomic E-state index is 11.9. The van der Waals surface area contributed by atoms with Crippen molar-refractivity contribution >= 4 is 23.2 Å². The van der Waals surface area contributed by atoms with E-state index >= 15 is 0 Å². The van der Waals surface area contributed by atoms with Crippen LogP contribution in [-0.4, -0.2) is 60.4 Å². The molecule has 1 amide bonds. The van der Waals surface area contributed by atoms with Gasteiger partial charge in [-0.2, -0.15) is 0 Å². The van der Waals surface area contributed by atoms with Gasteiger partial charge in [-0.05, 0) is 49.3 Å². The minimum atomic E-state index is -0.613. The van der Waals surface area contributed by atoms with Crippen molar-refractivity contribution in [2.45, 2.75) is 24.5 Å². The van der Waals surface area contributed by atoms with E-state index in [0.29, 0.717) is 13.0 Å². The molecule has 1 aliphatic rings. The van der Waals surface area contributed by atoms with Crippen LogP contribution < -0.4 is 5.48 Å². The van der Waals surface area contributed by atoms with E-state index in [1.165, 1.54) is 22.9 Å². The van der Waals surface area contributed by atoms with Crippen LogP contribution in [0.4, 0.5) is 0 Å². The molecular formula is C21H28N2O3S. The first-order valence-corrected chi connectivity index (χ1v) is 10.2. The average Bonchev–Trinajstić information content (AvgIpc) is 2.72. The fraction of sp³-hybridized carbons (Fsp3) is 0.476. The van der Waals surface area contributed by atoms with Crippen molar-refractivity contribution in [1.29, 1.82) is 0 Å². The van der Waals surface area contributed by atoms with Crippen molar-refractivity contribution in [3.8, 4) is 11.8 Å². The first kappa shape index (κ1) is 21.5. The van der Waals surface area contributed by atoms with Gasteiger partial charge in [0.05, 0.1) is 4.75 Å². The number of carbonyl (C=O) groups excluding carboxylic acids is 1. The van der Waals surface area contributed by atoms with Crippen LogP contribution in [0.5, 0.6) is 0 Å². The molecule has 27 heavy (non-hydrogen) atoms. The van der Waals surface area contributed by atoms with Gasteiger partial charge in [0.25, 0.3) is 5.91 Å². The quantitative estimate of drug-likeness (QED) is 0.427. The molecule has 0 bridgehead atoms. The number of nitrogens with zero attached hydrogens (tertiary/aromatic N) is 1. The molecule has 1 aromatic rings. The zero-order valence-corrected chi connectivity index (χ0v) is 17.1. The van der Waals surface area contributed by atoms with Crippen molar-refractivity contribution in [2.24, 2.45) is 0 Å². The number of hydrogen-bond donors (Lipinski definition) is 2. The molecule has 0 aliphatic carbocycles. The van der Waals surface area contributed by atoms with Gasteiger partial charge in [0.1, 0.15) is 6.61 Å². The minimum absolute atomic E-state index is 0.336. The molecule has 146 valence electrons. The lowest BCUT2D eigenvalue weighted by molar-refractivity contribution is -0.131. The third-order valence-electron chi connectivity index (χ3n) is 4.94. The predicted molar refractivity (Wildman–Crippen MR) is 111 cm³/mol. The molecule has 1 unspecified atom stereocenters. The van der Waals surface area contributed by atoms with Crippen LogP contribution in [0, 0.1) is 11.8 Å². The lowest BCUT2D eigenvalue weighted by Gasteiger charge is -2.31. The van der Waals surface area contributed by atoms with Gasteiger partial charge in [0, 0.05) is 32.3 Å². The van der Waals surface area contributed by atoms with Gasteiger partial charge in [-0.1, -0.05) is 30.0 Å². The highest BCUT2D eigenvalue weighted by atomic mass is 32.2. The van der Waals surface area contributed by atoms with Gasteiger partial charge in [-0.25, -0.2) is 5.48 Å². The van der Waals surface area contributed by atoms with E-state index in [-0.39, 0.29) is 5.91 Å². The van der Waals surface area contributed by atoms with E-state index in [9.17, 15) is 4.79 Å². The molecule has 2 N–H and O–H groups in total. The van der Waals surface area contributed by atoms with Crippen LogP contribution in [-0.2, 0) is 9.53 Å². The van der Waals surface area contributed by atoms with Gasteiger partial charge in [-0.3, -0.25) is 14.9 Å². The molecule has 0 spiro atoms. The number of amides is 1. The molecule has 1 aliphatic heterocycles. The summed E-state index contributed by atoms with van der Waals surface area (Å²) in [6.07, 6.45) is 5.83. The van der Waals surface area contributed by atoms with E-state index in [4.69, 9.17) is 9.94 Å². The van der Waals surface area contributed by atoms with Crippen molar-refractivity contribution in [1.82, 2.24) is 10.4 Å². The summed E-state index contributed by atoms with van der Waals surface area (Å²) in [5.41, 5.74) is 5.37. The number of ether oxygens (including phenoxy) is 1. The molecule has 0 aromatic heterocycles. The molecule has 0 saturated heterocycles. The van der Waals surface area contributed by atoms with Crippen LogP contribution in [0.1, 0.15) is 30.9 Å². The summed E-state index contributed by atoms with van der Waals surface area (Å²) in [6.45, 7) is 4.97. The number of thioether (sulfide) groups is 1. The van der Waals surface area contributed by atoms with E-state index in [1.807, 2.05) is 25.3 Å². The van der Waals surface area contributed by atoms with Crippen LogP contribution >= 0.6 is 11.8 Å². The molecule has 1 atom stereocenters. The fourth-order valence-electron chi connectivity index (χ4n) is 2.95. The Labute approximate surface area is 166 Å². The number of hydrogen-bond acceptors (Lipinski definition) is 5. The molecule has 5 nitrogen and oxygen atoms in total. The third kappa shape index (κ3) is 6.12. The molecule has 0 saturated carbocycles. The zero-order chi connectivity index (χ0) is 19.7. The van der Waals surface area contributed by atoms with Crippen molar-refractivity contribution in [2.75, 3.05) is 39.6 Å². The first-order chi connectivity index (χ1) is 13.0. The lowest BCUT2D eigenvalue weighted by Crippen LogP contribution is -2.43. The molecule has 0 fully saturated rings. The van der Waals surface area contributed by atoms with E-state index < -0.39 is 4.75 Å². The summed E-state index contributed by atoms with van der Waals surface area (Å²) >= 11 is 1.47. The second-order valence-electron chi connectivity index (χ2n) is 6.72. The topological polar surface area (TPSA) is 61.8 Å². The summed E-state index contributed by atoms with van der Waals surface area (Å²) < 4.78 is 4.32. The van der Waals surface area contributed by atoms with Crippen LogP contribution in [0.3, 0.4) is 0 Å². The van der Waals surface area contributed by atoms with Gasteiger partial charge in [-0.15, -0.1) is 11.8 Å². The SMILES string of the molecule is COCC#Cc1ccc(C2=CCN(CCC(C)(SC)C(=O)NO)CC2)cc1. The Morgan fingerprint density at radius 3 is 2.70 bits per heavy atom. The second-order valence-corrected chi connectivity index (χ2v) is 8.03. The monoisotopic (exact) mass is 388 g/mol. The van der Waals surface area contributed by atoms with Crippen molar-refractivity contribution in [3.05, 3.63) is 41.5 Å². The zero-order valence-electron chi connectivity index (χ0n) is 16.2. The first-order valence-electron chi connectivity index (χ1n) is 9.01. The molecule has 2 rings (SSSR count). The van der Waals surface area contributed by atoms with Gasteiger partial charge in [0.15, 0.2) is 0 Å². The standard InChI is InChI=1S/C21H28N2O3S/c1-21(27-3,20(24)22-25)12-15-23-13-10-19(11-14-23)18-8-6-17(7-9-18)5-4-16-26-2/h6-10,25H,11-16H2,1-3H3,(H,22,24). The molecule has 1 heterocycles. The van der Waals surface area contributed by atoms with Crippen LogP contribution in [0.15, 0.2) is 30.3 Å². The number of benzene rings is 1. The van der Waals surface area contributed by atoms with Crippen molar-refractivity contribution in [3.63, 3.8) is 0 Å². The Hall–Kier alpha value is -1.78. The minimum Gasteiger partial charge on any atom is -0.372 e. The second kappa shape index (κ2) is 10.5. The Balaban J connectivity index is 1.91. The summed E-state index contributed by atoms with van der Waals surface area (Å²) in [7, 11) is 1.64. The van der Waals surface area contributed by atoms with Gasteiger partial charge < -0.3 is 4.74 Å². The third-order valence-corrected chi connectivity index (χ3v) is 6.23. The Morgan fingerprint density at radius 2 is 2.15 bits per heavy atom. The number of carbonyl (C=O) groups is 1. The average molecular weight is 389 g/mol. The summed E-state index contributed by atoms with van der Waals surface area (Å²) in [5, 5.41) is 8.93. The van der Waals surface area contributed by atoms with Gasteiger partial charge >= 0.3 is 0 Å². The fourth-order valence-corrected chi connectivity index (χ4v) is 3.48. The Morgan fingerprint density at radius 1 is 1.41 bits per heavy atom. The predicted octanol–water partition coefficient (Wildman–Crippen LogP) is 2.79. The molecule has 0 radical (unpaired) electrons. The maximum absolute atomic E-state index is 11.9. The number of methoxy groups -OCH3 is 1. The number of hydroxylamine groups is 1. The highest BCUT2D eigenvalue weighted by Gasteiger charge is 2.32. The summed E-state index contributed by atoms with van der Waals surface area (Å²) in [5.74, 6) is 5.70. The van der Waals surface area contributed by atoms with Crippen molar-refractivity contribution < 1.29 is 14.7 Å². The molecular weight excluding hydrogens is 360 g/mol. The normalized spacial score (nSPS) is 16.7. The van der Waals surface area contributed by atoms with Crippen LogP contribution in [0.2, 0.25) is 0 Å². The molecule has 6 heteroatoms.